The molecule has 0 spiro atoms. The van der Waals surface area contributed by atoms with Crippen molar-refractivity contribution in [3.8, 4) is 0 Å². The maximum atomic E-state index is 4.21. The fourth-order valence-electron chi connectivity index (χ4n) is 2.54. The highest BCUT2D eigenvalue weighted by molar-refractivity contribution is 7.09. The van der Waals surface area contributed by atoms with E-state index in [0.29, 0.717) is 0 Å². The third kappa shape index (κ3) is 3.43. The smallest absolute Gasteiger partial charge is 0.0794 e. The van der Waals surface area contributed by atoms with Crippen LogP contribution in [0.4, 0.5) is 0 Å². The average molecular weight is 274 g/mol. The van der Waals surface area contributed by atoms with Crippen molar-refractivity contribution in [2.75, 3.05) is 13.1 Å². The van der Waals surface area contributed by atoms with E-state index in [0.717, 1.165) is 25.9 Å². The third-order valence-electron chi connectivity index (χ3n) is 3.77. The second-order valence-electron chi connectivity index (χ2n) is 4.92. The second-order valence-corrected chi connectivity index (χ2v) is 5.90. The fraction of sp³-hybridized carbons (Fsp3) is 0.438. The van der Waals surface area contributed by atoms with Gasteiger partial charge >= 0.3 is 0 Å². The Labute approximate surface area is 119 Å². The molecule has 0 fully saturated rings. The predicted octanol–water partition coefficient (Wildman–Crippen LogP) is 3.64. The Hall–Kier alpha value is -1.19. The molecule has 102 valence electrons. The van der Waals surface area contributed by atoms with Gasteiger partial charge in [-0.2, -0.15) is 0 Å². The zero-order valence-electron chi connectivity index (χ0n) is 11.7. The molecule has 0 aliphatic rings. The lowest BCUT2D eigenvalue weighted by molar-refractivity contribution is 0.384. The van der Waals surface area contributed by atoms with Crippen LogP contribution in [-0.2, 0) is 11.8 Å². The van der Waals surface area contributed by atoms with E-state index in [1.54, 1.807) is 11.3 Å². The van der Waals surface area contributed by atoms with Crippen LogP contribution in [0.5, 0.6) is 0 Å². The Kier molecular flexibility index (Phi) is 5.11. The largest absolute Gasteiger partial charge is 0.316 e. The lowest BCUT2D eigenvalue weighted by Crippen LogP contribution is -2.39. The number of hydrogen-bond donors (Lipinski definition) is 1. The minimum Gasteiger partial charge on any atom is -0.316 e. The first-order valence-electron chi connectivity index (χ1n) is 6.94. The van der Waals surface area contributed by atoms with Crippen LogP contribution in [0.3, 0.4) is 0 Å². The van der Waals surface area contributed by atoms with Gasteiger partial charge in [0.25, 0.3) is 0 Å². The molecule has 0 amide bonds. The van der Waals surface area contributed by atoms with Crippen molar-refractivity contribution in [2.24, 2.45) is 0 Å². The molecule has 2 rings (SSSR count). The molecule has 2 nitrogen and oxygen atoms in total. The van der Waals surface area contributed by atoms with Gasteiger partial charge in [0.2, 0.25) is 0 Å². The van der Waals surface area contributed by atoms with Gasteiger partial charge in [-0.3, -0.25) is 4.98 Å². The Balaban J connectivity index is 2.30. The molecule has 2 aromatic rings. The summed E-state index contributed by atoms with van der Waals surface area (Å²) in [5.74, 6) is 0. The molecule has 0 aliphatic carbocycles. The second kappa shape index (κ2) is 6.83. The highest BCUT2D eigenvalue weighted by Gasteiger charge is 2.30. The molecule has 1 atom stereocenters. The van der Waals surface area contributed by atoms with Gasteiger partial charge in [0.1, 0.15) is 0 Å². The van der Waals surface area contributed by atoms with E-state index in [1.807, 2.05) is 11.7 Å². The number of likely N-dealkylation sites (N-methyl/N-ethyl adjacent to an activating group) is 1. The molecule has 1 aromatic carbocycles. The number of benzene rings is 1. The zero-order chi connectivity index (χ0) is 13.6. The van der Waals surface area contributed by atoms with Crippen LogP contribution >= 0.6 is 11.3 Å². The van der Waals surface area contributed by atoms with Crippen LogP contribution < -0.4 is 5.32 Å². The molecule has 0 aliphatic heterocycles. The summed E-state index contributed by atoms with van der Waals surface area (Å²) in [6, 6.07) is 10.9. The lowest BCUT2D eigenvalue weighted by Gasteiger charge is -2.33. The van der Waals surface area contributed by atoms with Crippen LogP contribution in [0.25, 0.3) is 0 Å². The maximum Gasteiger partial charge on any atom is 0.0794 e. The normalized spacial score (nSPS) is 14.2. The van der Waals surface area contributed by atoms with E-state index in [2.05, 4.69) is 54.5 Å². The Morgan fingerprint density at radius 1 is 1.21 bits per heavy atom. The maximum absolute atomic E-state index is 4.21. The van der Waals surface area contributed by atoms with Gasteiger partial charge in [0.15, 0.2) is 0 Å². The highest BCUT2D eigenvalue weighted by Crippen LogP contribution is 2.32. The summed E-state index contributed by atoms with van der Waals surface area (Å²) in [5, 5.41) is 3.54. The lowest BCUT2D eigenvalue weighted by atomic mass is 9.75. The molecule has 1 aromatic heterocycles. The minimum atomic E-state index is 0.170. The standard InChI is InChI=1S/C16H22N2S/c1-3-16(12-17-4-2,10-15-11-18-13-19-15)14-8-6-5-7-9-14/h5-9,11,13,17H,3-4,10,12H2,1-2H3. The molecule has 1 heterocycles. The molecular formula is C16H22N2S. The first kappa shape index (κ1) is 14.2. The van der Waals surface area contributed by atoms with E-state index >= 15 is 0 Å². The topological polar surface area (TPSA) is 24.9 Å². The Bertz CT molecular complexity index is 467. The van der Waals surface area contributed by atoms with Gasteiger partial charge in [-0.25, -0.2) is 0 Å². The SMILES string of the molecule is CCNCC(CC)(Cc1cncs1)c1ccccc1. The van der Waals surface area contributed by atoms with Gasteiger partial charge in [-0.1, -0.05) is 44.2 Å². The molecule has 1 unspecified atom stereocenters. The van der Waals surface area contributed by atoms with E-state index in [-0.39, 0.29) is 5.41 Å². The number of nitrogens with zero attached hydrogens (tertiary/aromatic N) is 1. The van der Waals surface area contributed by atoms with Crippen LogP contribution in [-0.4, -0.2) is 18.1 Å². The first-order chi connectivity index (χ1) is 9.30. The minimum absolute atomic E-state index is 0.170. The predicted molar refractivity (Wildman–Crippen MR) is 82.8 cm³/mol. The Morgan fingerprint density at radius 3 is 2.58 bits per heavy atom. The average Bonchev–Trinajstić information content (AvgIpc) is 2.97. The number of aromatic nitrogens is 1. The van der Waals surface area contributed by atoms with Crippen molar-refractivity contribution in [3.05, 3.63) is 52.5 Å². The van der Waals surface area contributed by atoms with Crippen molar-refractivity contribution in [1.29, 1.82) is 0 Å². The van der Waals surface area contributed by atoms with Crippen molar-refractivity contribution >= 4 is 11.3 Å². The molecule has 0 bridgehead atoms. The molecule has 3 heteroatoms. The van der Waals surface area contributed by atoms with Crippen molar-refractivity contribution in [3.63, 3.8) is 0 Å². The van der Waals surface area contributed by atoms with Crippen LogP contribution in [0, 0.1) is 0 Å². The van der Waals surface area contributed by atoms with E-state index in [9.17, 15) is 0 Å². The highest BCUT2D eigenvalue weighted by atomic mass is 32.1. The van der Waals surface area contributed by atoms with Gasteiger partial charge < -0.3 is 5.32 Å². The molecule has 0 saturated heterocycles. The number of rotatable bonds is 7. The summed E-state index contributed by atoms with van der Waals surface area (Å²) in [7, 11) is 0. The molecule has 0 radical (unpaired) electrons. The fourth-order valence-corrected chi connectivity index (χ4v) is 3.28. The van der Waals surface area contributed by atoms with E-state index < -0.39 is 0 Å². The molecule has 0 saturated carbocycles. The summed E-state index contributed by atoms with van der Waals surface area (Å²) in [6.07, 6.45) is 4.19. The first-order valence-corrected chi connectivity index (χ1v) is 7.82. The van der Waals surface area contributed by atoms with Gasteiger partial charge in [0, 0.05) is 23.0 Å². The quantitative estimate of drug-likeness (QED) is 0.833. The molecule has 1 N–H and O–H groups in total. The van der Waals surface area contributed by atoms with Gasteiger partial charge in [-0.05, 0) is 24.9 Å². The summed E-state index contributed by atoms with van der Waals surface area (Å²) in [6.45, 7) is 6.47. The van der Waals surface area contributed by atoms with E-state index in [1.165, 1.54) is 10.4 Å². The van der Waals surface area contributed by atoms with Crippen molar-refractivity contribution < 1.29 is 0 Å². The van der Waals surface area contributed by atoms with E-state index in [4.69, 9.17) is 0 Å². The number of hydrogen-bond acceptors (Lipinski definition) is 3. The molecule has 19 heavy (non-hydrogen) atoms. The van der Waals surface area contributed by atoms with Gasteiger partial charge in [-0.15, -0.1) is 11.3 Å². The van der Waals surface area contributed by atoms with Crippen LogP contribution in [0.15, 0.2) is 42.0 Å². The van der Waals surface area contributed by atoms with Crippen molar-refractivity contribution in [2.45, 2.75) is 32.1 Å². The summed E-state index contributed by atoms with van der Waals surface area (Å²) >= 11 is 1.75. The number of nitrogens with one attached hydrogen (secondary N) is 1. The molecular weight excluding hydrogens is 252 g/mol. The summed E-state index contributed by atoms with van der Waals surface area (Å²) in [4.78, 5) is 5.58. The summed E-state index contributed by atoms with van der Waals surface area (Å²) in [5.41, 5.74) is 3.52. The number of thiazole rings is 1. The van der Waals surface area contributed by atoms with Crippen molar-refractivity contribution in [1.82, 2.24) is 10.3 Å². The Morgan fingerprint density at radius 2 is 2.00 bits per heavy atom. The monoisotopic (exact) mass is 274 g/mol. The summed E-state index contributed by atoms with van der Waals surface area (Å²) < 4.78 is 0. The van der Waals surface area contributed by atoms with Crippen LogP contribution in [0.2, 0.25) is 0 Å². The van der Waals surface area contributed by atoms with Crippen LogP contribution in [0.1, 0.15) is 30.7 Å². The van der Waals surface area contributed by atoms with Gasteiger partial charge in [0.05, 0.1) is 5.51 Å². The third-order valence-corrected chi connectivity index (χ3v) is 4.55. The zero-order valence-corrected chi connectivity index (χ0v) is 12.5.